The van der Waals surface area contributed by atoms with Crippen LogP contribution >= 0.6 is 0 Å². The quantitative estimate of drug-likeness (QED) is 0.748. The molecule has 1 rings (SSSR count). The molecule has 0 aliphatic rings. The van der Waals surface area contributed by atoms with Gasteiger partial charge in [0.05, 0.1) is 19.4 Å². The number of benzene rings is 1. The fourth-order valence-electron chi connectivity index (χ4n) is 2.32. The molecule has 112 valence electrons. The van der Waals surface area contributed by atoms with Crippen LogP contribution in [0.5, 0.6) is 5.75 Å². The van der Waals surface area contributed by atoms with Gasteiger partial charge >= 0.3 is 0 Å². The molecule has 0 heterocycles. The topological polar surface area (TPSA) is 75.8 Å². The third kappa shape index (κ3) is 3.63. The Morgan fingerprint density at radius 3 is 2.50 bits per heavy atom. The number of ether oxygens (including phenoxy) is 1. The first-order chi connectivity index (χ1) is 9.58. The number of nitrogens with zero attached hydrogens (tertiary/aromatic N) is 1. The predicted molar refractivity (Wildman–Crippen MR) is 79.9 cm³/mol. The summed E-state index contributed by atoms with van der Waals surface area (Å²) in [6.45, 7) is 4.35. The van der Waals surface area contributed by atoms with E-state index >= 15 is 0 Å². The van der Waals surface area contributed by atoms with E-state index in [9.17, 15) is 9.90 Å². The van der Waals surface area contributed by atoms with Gasteiger partial charge in [0.1, 0.15) is 5.75 Å². The van der Waals surface area contributed by atoms with E-state index in [4.69, 9.17) is 10.5 Å². The highest BCUT2D eigenvalue weighted by molar-refractivity contribution is 5.95. The molecule has 0 aliphatic heterocycles. The number of amides is 1. The van der Waals surface area contributed by atoms with E-state index in [1.54, 1.807) is 23.1 Å². The lowest BCUT2D eigenvalue weighted by molar-refractivity contribution is 0.0622. The molecule has 0 fully saturated rings. The first-order valence-corrected chi connectivity index (χ1v) is 6.94. The van der Waals surface area contributed by atoms with Gasteiger partial charge in [0.2, 0.25) is 0 Å². The number of carbonyl (C=O) groups excluding carboxylic acids is 1. The number of nitrogens with two attached hydrogens (primary N) is 1. The first-order valence-electron chi connectivity index (χ1n) is 6.94. The lowest BCUT2D eigenvalue weighted by Gasteiger charge is -2.30. The summed E-state index contributed by atoms with van der Waals surface area (Å²) in [6.07, 6.45) is 1.71. The Morgan fingerprint density at radius 1 is 1.40 bits per heavy atom. The number of aliphatic hydroxyl groups excluding tert-OH is 1. The van der Waals surface area contributed by atoms with E-state index in [2.05, 4.69) is 0 Å². The summed E-state index contributed by atoms with van der Waals surface area (Å²) >= 11 is 0. The van der Waals surface area contributed by atoms with Crippen LogP contribution in [0.3, 0.4) is 0 Å². The van der Waals surface area contributed by atoms with Crippen molar-refractivity contribution in [2.45, 2.75) is 32.7 Å². The van der Waals surface area contributed by atoms with Crippen LogP contribution in [0.1, 0.15) is 37.0 Å². The second kappa shape index (κ2) is 7.75. The Balaban J connectivity index is 3.02. The first kappa shape index (κ1) is 16.3. The average Bonchev–Trinajstić information content (AvgIpc) is 2.46. The standard InChI is InChI=1S/C15H24N2O3/c1-4-12(5-2)17(8-9-18)15(19)11-6-7-14(20-3)13(16)10-11/h6-7,10,12,18H,4-5,8-9,16H2,1-3H3. The Hall–Kier alpha value is -1.75. The van der Waals surface area contributed by atoms with Gasteiger partial charge in [0.25, 0.3) is 5.91 Å². The van der Waals surface area contributed by atoms with Crippen molar-refractivity contribution >= 4 is 11.6 Å². The van der Waals surface area contributed by atoms with Crippen molar-refractivity contribution in [2.24, 2.45) is 0 Å². The van der Waals surface area contributed by atoms with Gasteiger partial charge in [-0.3, -0.25) is 4.79 Å². The van der Waals surface area contributed by atoms with Gasteiger partial charge in [-0.25, -0.2) is 0 Å². The second-order valence-corrected chi connectivity index (χ2v) is 4.65. The molecule has 0 spiro atoms. The zero-order chi connectivity index (χ0) is 15.1. The fraction of sp³-hybridized carbons (Fsp3) is 0.533. The van der Waals surface area contributed by atoms with Crippen molar-refractivity contribution in [3.05, 3.63) is 23.8 Å². The highest BCUT2D eigenvalue weighted by atomic mass is 16.5. The van der Waals surface area contributed by atoms with Crippen molar-refractivity contribution in [3.63, 3.8) is 0 Å². The van der Waals surface area contributed by atoms with Crippen LogP contribution in [0.4, 0.5) is 5.69 Å². The number of methoxy groups -OCH3 is 1. The van der Waals surface area contributed by atoms with Crippen molar-refractivity contribution in [1.29, 1.82) is 0 Å². The number of carbonyl (C=O) groups is 1. The average molecular weight is 280 g/mol. The third-order valence-electron chi connectivity index (χ3n) is 3.46. The van der Waals surface area contributed by atoms with Crippen LogP contribution in [-0.2, 0) is 0 Å². The monoisotopic (exact) mass is 280 g/mol. The minimum Gasteiger partial charge on any atom is -0.495 e. The molecule has 1 aromatic carbocycles. The maximum atomic E-state index is 12.6. The molecule has 5 heteroatoms. The zero-order valence-corrected chi connectivity index (χ0v) is 12.4. The van der Waals surface area contributed by atoms with Gasteiger partial charge in [-0.15, -0.1) is 0 Å². The molecule has 3 N–H and O–H groups in total. The summed E-state index contributed by atoms with van der Waals surface area (Å²) in [4.78, 5) is 14.3. The van der Waals surface area contributed by atoms with Crippen molar-refractivity contribution < 1.29 is 14.6 Å². The largest absolute Gasteiger partial charge is 0.495 e. The minimum atomic E-state index is -0.109. The highest BCUT2D eigenvalue weighted by Crippen LogP contribution is 2.23. The Bertz CT molecular complexity index is 445. The van der Waals surface area contributed by atoms with Gasteiger partial charge in [-0.05, 0) is 31.0 Å². The summed E-state index contributed by atoms with van der Waals surface area (Å²) in [6, 6.07) is 5.13. The molecule has 0 aliphatic carbocycles. The maximum Gasteiger partial charge on any atom is 0.254 e. The molecule has 0 aromatic heterocycles. The summed E-state index contributed by atoms with van der Waals surface area (Å²) < 4.78 is 5.09. The number of hydrogen-bond acceptors (Lipinski definition) is 4. The van der Waals surface area contributed by atoms with Crippen LogP contribution < -0.4 is 10.5 Å². The van der Waals surface area contributed by atoms with E-state index in [-0.39, 0.29) is 18.6 Å². The molecule has 0 radical (unpaired) electrons. The number of nitrogen functional groups attached to an aromatic ring is 1. The molecule has 5 nitrogen and oxygen atoms in total. The van der Waals surface area contributed by atoms with Crippen molar-refractivity contribution in [2.75, 3.05) is 26.0 Å². The van der Waals surface area contributed by atoms with E-state index in [1.807, 2.05) is 13.8 Å². The van der Waals surface area contributed by atoms with Gasteiger partial charge in [0.15, 0.2) is 0 Å². The molecule has 0 bridgehead atoms. The second-order valence-electron chi connectivity index (χ2n) is 4.65. The summed E-state index contributed by atoms with van der Waals surface area (Å²) in [5, 5.41) is 9.17. The predicted octanol–water partition coefficient (Wildman–Crippen LogP) is 1.90. The smallest absolute Gasteiger partial charge is 0.254 e. The van der Waals surface area contributed by atoms with E-state index in [0.717, 1.165) is 12.8 Å². The van der Waals surface area contributed by atoms with E-state index < -0.39 is 0 Å². The lowest BCUT2D eigenvalue weighted by atomic mass is 10.1. The van der Waals surface area contributed by atoms with Gasteiger partial charge in [-0.2, -0.15) is 0 Å². The number of hydrogen-bond donors (Lipinski definition) is 2. The Morgan fingerprint density at radius 2 is 2.05 bits per heavy atom. The van der Waals surface area contributed by atoms with Crippen LogP contribution in [0.25, 0.3) is 0 Å². The molecule has 1 amide bonds. The molecule has 0 atom stereocenters. The van der Waals surface area contributed by atoms with Crippen molar-refractivity contribution in [3.8, 4) is 5.75 Å². The summed E-state index contributed by atoms with van der Waals surface area (Å²) in [5.74, 6) is 0.444. The van der Waals surface area contributed by atoms with Crippen LogP contribution in [0, 0.1) is 0 Å². The highest BCUT2D eigenvalue weighted by Gasteiger charge is 2.22. The van der Waals surface area contributed by atoms with Crippen LogP contribution in [-0.4, -0.2) is 42.2 Å². The molecule has 1 aromatic rings. The third-order valence-corrected chi connectivity index (χ3v) is 3.46. The van der Waals surface area contributed by atoms with Gasteiger partial charge in [0, 0.05) is 18.2 Å². The molecule has 0 unspecified atom stereocenters. The number of aliphatic hydroxyl groups is 1. The van der Waals surface area contributed by atoms with Crippen LogP contribution in [0.2, 0.25) is 0 Å². The molecule has 20 heavy (non-hydrogen) atoms. The van der Waals surface area contributed by atoms with Crippen LogP contribution in [0.15, 0.2) is 18.2 Å². The normalized spacial score (nSPS) is 10.7. The Kier molecular flexibility index (Phi) is 6.31. The lowest BCUT2D eigenvalue weighted by Crippen LogP contribution is -2.41. The number of anilines is 1. The maximum absolute atomic E-state index is 12.6. The molecular formula is C15H24N2O3. The zero-order valence-electron chi connectivity index (χ0n) is 12.4. The number of rotatable bonds is 7. The van der Waals surface area contributed by atoms with E-state index in [1.165, 1.54) is 7.11 Å². The van der Waals surface area contributed by atoms with Gasteiger partial charge in [-0.1, -0.05) is 13.8 Å². The minimum absolute atomic E-state index is 0.0477. The molecular weight excluding hydrogens is 256 g/mol. The Labute approximate surface area is 120 Å². The summed E-state index contributed by atoms with van der Waals surface area (Å²) in [7, 11) is 1.54. The molecule has 0 saturated carbocycles. The summed E-state index contributed by atoms with van der Waals surface area (Å²) in [5.41, 5.74) is 6.79. The fourth-order valence-corrected chi connectivity index (χ4v) is 2.32. The SMILES string of the molecule is CCC(CC)N(CCO)C(=O)c1ccc(OC)c(N)c1. The van der Waals surface area contributed by atoms with E-state index in [0.29, 0.717) is 23.5 Å². The van der Waals surface area contributed by atoms with Gasteiger partial charge < -0.3 is 20.5 Å². The van der Waals surface area contributed by atoms with Crippen molar-refractivity contribution in [1.82, 2.24) is 4.90 Å². The molecule has 0 saturated heterocycles.